The Hall–Kier alpha value is -1.41. The molecule has 0 aliphatic carbocycles. The van der Waals surface area contributed by atoms with E-state index in [-0.39, 0.29) is 26.0 Å². The highest BCUT2D eigenvalue weighted by Crippen LogP contribution is 2.38. The number of amides is 1. The van der Waals surface area contributed by atoms with Gasteiger partial charge in [-0.25, -0.2) is 4.79 Å². The average Bonchev–Trinajstić information content (AvgIpc) is 3.29. The maximum absolute atomic E-state index is 13.4. The quantitative estimate of drug-likeness (QED) is 0.0999. The highest BCUT2D eigenvalue weighted by Gasteiger charge is 2.65. The lowest BCUT2D eigenvalue weighted by molar-refractivity contribution is -0.274. The van der Waals surface area contributed by atoms with E-state index in [0.717, 1.165) is 19.3 Å². The number of carbonyl (C=O) groups excluding carboxylic acids is 2. The first-order valence-electron chi connectivity index (χ1n) is 13.5. The maximum atomic E-state index is 13.4. The summed E-state index contributed by atoms with van der Waals surface area (Å²) in [5.41, 5.74) is 0. The van der Waals surface area contributed by atoms with E-state index in [2.05, 4.69) is 6.92 Å². The van der Waals surface area contributed by atoms with Gasteiger partial charge in [0.1, 0.15) is 6.04 Å². The van der Waals surface area contributed by atoms with E-state index in [1.165, 1.54) is 77.0 Å². The summed E-state index contributed by atoms with van der Waals surface area (Å²) >= 11 is 0. The van der Waals surface area contributed by atoms with Crippen LogP contribution in [0.4, 0.5) is 22.0 Å². The molecular formula is C26H44F5NO3. The first kappa shape index (κ1) is 31.6. The van der Waals surface area contributed by atoms with Gasteiger partial charge in [-0.3, -0.25) is 4.79 Å². The SMILES string of the molecule is CCCCCCCCCCCCCCCCCCOC(=O)C1CCCN1C(=O)C(F)(F)C(F)(F)F. The molecule has 1 aliphatic rings. The predicted molar refractivity (Wildman–Crippen MR) is 126 cm³/mol. The maximum Gasteiger partial charge on any atom is 0.463 e. The highest BCUT2D eigenvalue weighted by molar-refractivity contribution is 5.89. The van der Waals surface area contributed by atoms with Crippen molar-refractivity contribution in [3.8, 4) is 0 Å². The van der Waals surface area contributed by atoms with Gasteiger partial charge >= 0.3 is 24.0 Å². The van der Waals surface area contributed by atoms with Gasteiger partial charge in [-0.15, -0.1) is 0 Å². The van der Waals surface area contributed by atoms with Crippen LogP contribution < -0.4 is 0 Å². The topological polar surface area (TPSA) is 46.6 Å². The lowest BCUT2D eigenvalue weighted by atomic mass is 10.0. The van der Waals surface area contributed by atoms with Gasteiger partial charge in [-0.2, -0.15) is 22.0 Å². The number of rotatable bonds is 19. The minimum Gasteiger partial charge on any atom is -0.464 e. The third kappa shape index (κ3) is 11.9. The van der Waals surface area contributed by atoms with E-state index in [1.807, 2.05) is 0 Å². The number of ether oxygens (including phenoxy) is 1. The third-order valence-electron chi connectivity index (χ3n) is 6.65. The van der Waals surface area contributed by atoms with E-state index in [0.29, 0.717) is 11.3 Å². The van der Waals surface area contributed by atoms with E-state index in [4.69, 9.17) is 4.74 Å². The normalized spacial score (nSPS) is 16.6. The monoisotopic (exact) mass is 513 g/mol. The van der Waals surface area contributed by atoms with Crippen LogP contribution in [0, 0.1) is 0 Å². The Balaban J connectivity index is 2.04. The molecule has 0 spiro atoms. The number of hydrogen-bond acceptors (Lipinski definition) is 3. The molecule has 0 bridgehead atoms. The molecule has 1 amide bonds. The number of hydrogen-bond donors (Lipinski definition) is 0. The number of nitrogens with zero attached hydrogens (tertiary/aromatic N) is 1. The van der Waals surface area contributed by atoms with Gasteiger partial charge in [0.25, 0.3) is 0 Å². The minimum atomic E-state index is -5.99. The van der Waals surface area contributed by atoms with Crippen molar-refractivity contribution in [1.82, 2.24) is 4.90 Å². The zero-order valence-electron chi connectivity index (χ0n) is 21.3. The summed E-state index contributed by atoms with van der Waals surface area (Å²) in [5, 5.41) is 0. The molecule has 4 nitrogen and oxygen atoms in total. The van der Waals surface area contributed by atoms with Crippen molar-refractivity contribution in [1.29, 1.82) is 0 Å². The molecule has 0 N–H and O–H groups in total. The molecule has 1 atom stereocenters. The van der Waals surface area contributed by atoms with Gasteiger partial charge in [0.05, 0.1) is 6.61 Å². The first-order valence-corrected chi connectivity index (χ1v) is 13.5. The second kappa shape index (κ2) is 17.1. The van der Waals surface area contributed by atoms with Crippen molar-refractivity contribution in [3.05, 3.63) is 0 Å². The molecule has 206 valence electrons. The summed E-state index contributed by atoms with van der Waals surface area (Å²) < 4.78 is 69.2. The van der Waals surface area contributed by atoms with E-state index in [9.17, 15) is 31.5 Å². The van der Waals surface area contributed by atoms with Crippen LogP contribution >= 0.6 is 0 Å². The molecule has 0 aromatic rings. The van der Waals surface area contributed by atoms with Gasteiger partial charge in [-0.05, 0) is 19.3 Å². The zero-order chi connectivity index (χ0) is 26.2. The van der Waals surface area contributed by atoms with Crippen LogP contribution in [-0.2, 0) is 14.3 Å². The second-order valence-corrected chi connectivity index (χ2v) is 9.70. The van der Waals surface area contributed by atoms with Crippen LogP contribution in [0.2, 0.25) is 0 Å². The molecule has 1 heterocycles. The van der Waals surface area contributed by atoms with Gasteiger partial charge in [0.2, 0.25) is 0 Å². The first-order chi connectivity index (χ1) is 16.6. The number of halogens is 5. The number of likely N-dealkylation sites (tertiary alicyclic amines) is 1. The lowest BCUT2D eigenvalue weighted by Gasteiger charge is -2.28. The van der Waals surface area contributed by atoms with Gasteiger partial charge in [-0.1, -0.05) is 103 Å². The summed E-state index contributed by atoms with van der Waals surface area (Å²) in [6.45, 7) is 1.99. The fourth-order valence-electron chi connectivity index (χ4n) is 4.48. The molecule has 0 aromatic heterocycles. The molecule has 0 saturated carbocycles. The zero-order valence-corrected chi connectivity index (χ0v) is 21.3. The van der Waals surface area contributed by atoms with Crippen molar-refractivity contribution in [2.45, 2.75) is 141 Å². The summed E-state index contributed by atoms with van der Waals surface area (Å²) in [7, 11) is 0. The number of alkyl halides is 5. The Labute approximate surface area is 207 Å². The summed E-state index contributed by atoms with van der Waals surface area (Å²) in [4.78, 5) is 24.2. The van der Waals surface area contributed by atoms with Crippen molar-refractivity contribution < 1.29 is 36.3 Å². The predicted octanol–water partition coefficient (Wildman–Crippen LogP) is 7.98. The third-order valence-corrected chi connectivity index (χ3v) is 6.65. The Morgan fingerprint density at radius 2 is 1.17 bits per heavy atom. The Kier molecular flexibility index (Phi) is 15.5. The van der Waals surface area contributed by atoms with E-state index < -0.39 is 30.0 Å². The van der Waals surface area contributed by atoms with Crippen LogP contribution in [0.1, 0.15) is 122 Å². The van der Waals surface area contributed by atoms with Crippen LogP contribution in [0.5, 0.6) is 0 Å². The fraction of sp³-hybridized carbons (Fsp3) is 0.923. The van der Waals surface area contributed by atoms with Crippen LogP contribution in [0.3, 0.4) is 0 Å². The van der Waals surface area contributed by atoms with Crippen LogP contribution in [0.25, 0.3) is 0 Å². The summed E-state index contributed by atoms with van der Waals surface area (Å²) in [6.07, 6.45) is 13.5. The molecule has 1 saturated heterocycles. The average molecular weight is 514 g/mol. The fourth-order valence-corrected chi connectivity index (χ4v) is 4.48. The van der Waals surface area contributed by atoms with Gasteiger partial charge in [0.15, 0.2) is 0 Å². The van der Waals surface area contributed by atoms with E-state index in [1.54, 1.807) is 0 Å². The number of carbonyl (C=O) groups is 2. The molecule has 1 fully saturated rings. The highest BCUT2D eigenvalue weighted by atomic mass is 19.4. The van der Waals surface area contributed by atoms with Gasteiger partial charge < -0.3 is 9.64 Å². The van der Waals surface area contributed by atoms with Crippen molar-refractivity contribution in [2.24, 2.45) is 0 Å². The number of unbranched alkanes of at least 4 members (excludes halogenated alkanes) is 15. The second-order valence-electron chi connectivity index (χ2n) is 9.70. The molecule has 0 aromatic carbocycles. The minimum absolute atomic E-state index is 0.0253. The van der Waals surface area contributed by atoms with E-state index >= 15 is 0 Å². The van der Waals surface area contributed by atoms with Crippen molar-refractivity contribution >= 4 is 11.9 Å². The molecule has 35 heavy (non-hydrogen) atoms. The smallest absolute Gasteiger partial charge is 0.463 e. The standard InChI is InChI=1S/C26H44F5NO3/c1-2-3-4-5-6-7-8-9-10-11-12-13-14-15-16-17-21-35-23(33)22-19-18-20-32(22)24(34)25(27,28)26(29,30)31/h22H,2-21H2,1H3. The Bertz CT molecular complexity index is 598. The lowest BCUT2D eigenvalue weighted by Crippen LogP contribution is -2.55. The summed E-state index contributed by atoms with van der Waals surface area (Å²) in [6, 6.07) is -1.38. The molecule has 0 radical (unpaired) electrons. The largest absolute Gasteiger partial charge is 0.464 e. The molecular weight excluding hydrogens is 469 g/mol. The number of esters is 1. The van der Waals surface area contributed by atoms with Crippen LogP contribution in [-0.4, -0.2) is 48.1 Å². The van der Waals surface area contributed by atoms with Crippen molar-refractivity contribution in [3.63, 3.8) is 0 Å². The Morgan fingerprint density at radius 1 is 0.743 bits per heavy atom. The molecule has 1 aliphatic heterocycles. The van der Waals surface area contributed by atoms with Crippen LogP contribution in [0.15, 0.2) is 0 Å². The van der Waals surface area contributed by atoms with Crippen molar-refractivity contribution in [2.75, 3.05) is 13.2 Å². The molecule has 9 heteroatoms. The van der Waals surface area contributed by atoms with Gasteiger partial charge in [0, 0.05) is 6.54 Å². The molecule has 1 unspecified atom stereocenters. The summed E-state index contributed by atoms with van der Waals surface area (Å²) in [5.74, 6) is -8.80. The Morgan fingerprint density at radius 3 is 1.60 bits per heavy atom. The molecule has 1 rings (SSSR count).